The van der Waals surface area contributed by atoms with E-state index in [-0.39, 0.29) is 0 Å². The third-order valence-electron chi connectivity index (χ3n) is 6.08. The highest BCUT2D eigenvalue weighted by Gasteiger charge is 2.20. The lowest BCUT2D eigenvalue weighted by atomic mass is 9.97. The van der Waals surface area contributed by atoms with Gasteiger partial charge in [0.25, 0.3) is 0 Å². The lowest BCUT2D eigenvalue weighted by molar-refractivity contribution is 1.37. The largest absolute Gasteiger partial charge is 0.308 e. The minimum Gasteiger partial charge on any atom is -0.308 e. The van der Waals surface area contributed by atoms with E-state index in [1.807, 2.05) is 0 Å². The molecular weight excluding hydrogens is 326 g/mol. The molecule has 7 rings (SSSR count). The first-order valence-electron chi connectivity index (χ1n) is 9.39. The van der Waals surface area contributed by atoms with Crippen molar-refractivity contribution in [1.82, 2.24) is 4.40 Å². The Morgan fingerprint density at radius 1 is 0.444 bits per heavy atom. The summed E-state index contributed by atoms with van der Waals surface area (Å²) < 4.78 is 2.47. The van der Waals surface area contributed by atoms with Crippen molar-refractivity contribution in [3.63, 3.8) is 0 Å². The number of nitrogens with zero attached hydrogens (tertiary/aromatic N) is 1. The molecule has 0 unspecified atom stereocenters. The average Bonchev–Trinajstić information content (AvgIpc) is 3.25. The van der Waals surface area contributed by atoms with E-state index in [1.165, 1.54) is 59.6 Å². The van der Waals surface area contributed by atoms with Crippen molar-refractivity contribution in [2.24, 2.45) is 0 Å². The van der Waals surface area contributed by atoms with Gasteiger partial charge in [0.05, 0.1) is 16.6 Å². The van der Waals surface area contributed by atoms with Gasteiger partial charge in [0, 0.05) is 21.5 Å². The summed E-state index contributed by atoms with van der Waals surface area (Å²) in [5.41, 5.74) is 3.94. The van der Waals surface area contributed by atoms with Crippen LogP contribution in [0.25, 0.3) is 59.6 Å². The normalized spacial score (nSPS) is 12.4. The molecule has 0 saturated carbocycles. The summed E-state index contributed by atoms with van der Waals surface area (Å²) in [7, 11) is 0. The van der Waals surface area contributed by atoms with Gasteiger partial charge in [0.1, 0.15) is 0 Å². The molecular formula is C26H15N. The zero-order valence-electron chi connectivity index (χ0n) is 14.6. The zero-order chi connectivity index (χ0) is 17.5. The Morgan fingerprint density at radius 3 is 1.96 bits per heavy atom. The second-order valence-electron chi connectivity index (χ2n) is 7.40. The van der Waals surface area contributed by atoms with Crippen LogP contribution in [-0.2, 0) is 0 Å². The summed E-state index contributed by atoms with van der Waals surface area (Å²) in [4.78, 5) is 0. The van der Waals surface area contributed by atoms with Crippen LogP contribution in [0.1, 0.15) is 0 Å². The first-order valence-corrected chi connectivity index (χ1v) is 9.39. The van der Waals surface area contributed by atoms with E-state index in [4.69, 9.17) is 0 Å². The smallest absolute Gasteiger partial charge is 0.0627 e. The van der Waals surface area contributed by atoms with Crippen molar-refractivity contribution in [2.45, 2.75) is 0 Å². The minimum absolute atomic E-state index is 1.29. The third kappa shape index (κ3) is 1.52. The van der Waals surface area contributed by atoms with Crippen LogP contribution in [0.4, 0.5) is 0 Å². The lowest BCUT2D eigenvalue weighted by Crippen LogP contribution is -1.80. The van der Waals surface area contributed by atoms with E-state index < -0.39 is 0 Å². The molecule has 2 aromatic heterocycles. The Morgan fingerprint density at radius 2 is 1.11 bits per heavy atom. The van der Waals surface area contributed by atoms with Crippen LogP contribution in [0.5, 0.6) is 0 Å². The molecule has 2 heterocycles. The van der Waals surface area contributed by atoms with Gasteiger partial charge in [-0.1, -0.05) is 72.8 Å². The fourth-order valence-corrected chi connectivity index (χ4v) is 5.00. The maximum Gasteiger partial charge on any atom is 0.0627 e. The van der Waals surface area contributed by atoms with Gasteiger partial charge >= 0.3 is 0 Å². The Kier molecular flexibility index (Phi) is 2.30. The second kappa shape index (κ2) is 4.57. The van der Waals surface area contributed by atoms with Crippen molar-refractivity contribution in [1.29, 1.82) is 0 Å². The van der Waals surface area contributed by atoms with Gasteiger partial charge in [0.15, 0.2) is 0 Å². The van der Waals surface area contributed by atoms with Gasteiger partial charge < -0.3 is 4.40 Å². The van der Waals surface area contributed by atoms with E-state index in [9.17, 15) is 0 Å². The topological polar surface area (TPSA) is 4.41 Å². The quantitative estimate of drug-likeness (QED) is 0.276. The highest BCUT2D eigenvalue weighted by Crippen LogP contribution is 2.44. The van der Waals surface area contributed by atoms with Gasteiger partial charge in [-0.25, -0.2) is 0 Å². The SMILES string of the molecule is c1ccc2c(c1)ccc1c2c2c3ccccc3cc3c4ccccc4n1c32. The Balaban J connectivity index is 1.98. The van der Waals surface area contributed by atoms with Crippen LogP contribution in [-0.4, -0.2) is 4.40 Å². The molecule has 0 amide bonds. The van der Waals surface area contributed by atoms with Crippen molar-refractivity contribution in [3.05, 3.63) is 91.0 Å². The molecule has 124 valence electrons. The average molecular weight is 341 g/mol. The monoisotopic (exact) mass is 341 g/mol. The summed E-state index contributed by atoms with van der Waals surface area (Å²) >= 11 is 0. The minimum atomic E-state index is 1.29. The Labute approximate surface area is 155 Å². The Bertz CT molecular complexity index is 1670. The highest BCUT2D eigenvalue weighted by atomic mass is 14.9. The van der Waals surface area contributed by atoms with Crippen LogP contribution >= 0.6 is 0 Å². The Hall–Kier alpha value is -3.58. The van der Waals surface area contributed by atoms with Crippen molar-refractivity contribution >= 4 is 59.6 Å². The number of benzene rings is 5. The molecule has 0 aliphatic carbocycles. The number of fused-ring (bicyclic) bond motifs is 10. The molecule has 0 aliphatic heterocycles. The lowest BCUT2D eigenvalue weighted by Gasteiger charge is -2.05. The molecule has 5 aromatic carbocycles. The van der Waals surface area contributed by atoms with Gasteiger partial charge in [0.2, 0.25) is 0 Å². The molecule has 0 aliphatic rings. The first-order chi connectivity index (χ1) is 13.4. The van der Waals surface area contributed by atoms with E-state index in [0.29, 0.717) is 0 Å². The summed E-state index contributed by atoms with van der Waals surface area (Å²) in [5.74, 6) is 0. The summed E-state index contributed by atoms with van der Waals surface area (Å²) in [6.07, 6.45) is 0. The molecule has 0 saturated heterocycles. The molecule has 0 spiro atoms. The van der Waals surface area contributed by atoms with E-state index in [1.54, 1.807) is 0 Å². The van der Waals surface area contributed by atoms with Gasteiger partial charge in [-0.3, -0.25) is 0 Å². The summed E-state index contributed by atoms with van der Waals surface area (Å²) in [6.45, 7) is 0. The maximum absolute atomic E-state index is 2.47. The molecule has 27 heavy (non-hydrogen) atoms. The van der Waals surface area contributed by atoms with E-state index in [2.05, 4.69) is 95.4 Å². The van der Waals surface area contributed by atoms with Crippen LogP contribution in [0.2, 0.25) is 0 Å². The fraction of sp³-hybridized carbons (Fsp3) is 0. The summed E-state index contributed by atoms with van der Waals surface area (Å²) in [6, 6.07) is 33.2. The number of hydrogen-bond acceptors (Lipinski definition) is 0. The zero-order valence-corrected chi connectivity index (χ0v) is 14.6. The van der Waals surface area contributed by atoms with Crippen LogP contribution in [0.15, 0.2) is 91.0 Å². The fourth-order valence-electron chi connectivity index (χ4n) is 5.00. The molecule has 1 heteroatoms. The van der Waals surface area contributed by atoms with Gasteiger partial charge in [-0.2, -0.15) is 0 Å². The summed E-state index contributed by atoms with van der Waals surface area (Å²) in [5, 5.41) is 10.7. The van der Waals surface area contributed by atoms with E-state index in [0.717, 1.165) is 0 Å². The third-order valence-corrected chi connectivity index (χ3v) is 6.08. The van der Waals surface area contributed by atoms with Crippen molar-refractivity contribution in [2.75, 3.05) is 0 Å². The highest BCUT2D eigenvalue weighted by molar-refractivity contribution is 6.35. The van der Waals surface area contributed by atoms with Gasteiger partial charge in [-0.05, 0) is 39.7 Å². The van der Waals surface area contributed by atoms with E-state index >= 15 is 0 Å². The predicted octanol–water partition coefficient (Wildman–Crippen LogP) is 7.14. The van der Waals surface area contributed by atoms with Crippen LogP contribution in [0, 0.1) is 0 Å². The predicted molar refractivity (Wildman–Crippen MR) is 116 cm³/mol. The van der Waals surface area contributed by atoms with Gasteiger partial charge in [-0.15, -0.1) is 0 Å². The second-order valence-corrected chi connectivity index (χ2v) is 7.40. The molecule has 0 atom stereocenters. The number of para-hydroxylation sites is 1. The molecule has 0 N–H and O–H groups in total. The van der Waals surface area contributed by atoms with Crippen LogP contribution in [0.3, 0.4) is 0 Å². The van der Waals surface area contributed by atoms with Crippen LogP contribution < -0.4 is 0 Å². The molecule has 1 nitrogen and oxygen atoms in total. The maximum atomic E-state index is 2.47. The van der Waals surface area contributed by atoms with Crippen molar-refractivity contribution < 1.29 is 0 Å². The standard InChI is InChI=1S/C26H15N/c1-3-9-18-16(7-1)13-14-23-24(18)25-19-10-4-2-8-17(19)15-21-20-11-5-6-12-22(20)27(23)26(21)25/h1-15H. The number of aromatic nitrogens is 1. The first kappa shape index (κ1) is 13.6. The molecule has 7 aromatic rings. The molecule has 0 bridgehead atoms. The molecule has 0 fully saturated rings. The number of hydrogen-bond donors (Lipinski definition) is 0. The van der Waals surface area contributed by atoms with Crippen molar-refractivity contribution in [3.8, 4) is 0 Å². The molecule has 0 radical (unpaired) electrons. The number of rotatable bonds is 0.